The van der Waals surface area contributed by atoms with Crippen LogP contribution in [0.4, 0.5) is 0 Å². The summed E-state index contributed by atoms with van der Waals surface area (Å²) in [4.78, 5) is 46.9. The van der Waals surface area contributed by atoms with Gasteiger partial charge in [-0.2, -0.15) is 0 Å². The second-order valence-electron chi connectivity index (χ2n) is 15.6. The molecule has 0 unspecified atom stereocenters. The van der Waals surface area contributed by atoms with Crippen molar-refractivity contribution in [1.29, 1.82) is 0 Å². The molecule has 0 bridgehead atoms. The molecular weight excluding hydrogens is 620 g/mol. The predicted octanol–water partition coefficient (Wildman–Crippen LogP) is 5.12. The van der Waals surface area contributed by atoms with Gasteiger partial charge in [-0.15, -0.1) is 6.42 Å². The van der Waals surface area contributed by atoms with E-state index in [2.05, 4.69) is 46.6 Å². The summed E-state index contributed by atoms with van der Waals surface area (Å²) >= 11 is 0. The molecule has 1 aromatic heterocycles. The number of aromatic amines is 1. The van der Waals surface area contributed by atoms with Crippen LogP contribution >= 0.6 is 0 Å². The Morgan fingerprint density at radius 1 is 1.08 bits per heavy atom. The first-order chi connectivity index (χ1) is 23.3. The van der Waals surface area contributed by atoms with Gasteiger partial charge in [0.1, 0.15) is 17.7 Å². The smallest absolute Gasteiger partial charge is 0.326 e. The third-order valence-corrected chi connectivity index (χ3v) is 12.7. The quantitative estimate of drug-likeness (QED) is 0.175. The third kappa shape index (κ3) is 6.27. The van der Waals surface area contributed by atoms with Crippen molar-refractivity contribution in [3.05, 3.63) is 47.7 Å². The molecule has 1 heterocycles. The maximum absolute atomic E-state index is 13.2. The van der Waals surface area contributed by atoms with Gasteiger partial charge in [0.2, 0.25) is 5.91 Å². The van der Waals surface area contributed by atoms with Crippen molar-refractivity contribution in [2.45, 2.75) is 103 Å². The zero-order valence-electron chi connectivity index (χ0n) is 29.1. The van der Waals surface area contributed by atoms with Gasteiger partial charge in [0.25, 0.3) is 5.91 Å². The van der Waals surface area contributed by atoms with E-state index < -0.39 is 35.5 Å². The number of oxime groups is 1. The molecule has 8 atom stereocenters. The number of aliphatic carboxylic acids is 1. The van der Waals surface area contributed by atoms with Gasteiger partial charge in [0, 0.05) is 28.9 Å². The van der Waals surface area contributed by atoms with Crippen LogP contribution in [0.25, 0.3) is 10.9 Å². The number of carbonyl (C=O) groups excluding carboxylic acids is 2. The Kier molecular flexibility index (Phi) is 9.44. The normalized spacial score (nSPS) is 32.6. The summed E-state index contributed by atoms with van der Waals surface area (Å²) in [6.07, 6.45) is 17.3. The Bertz CT molecular complexity index is 1720. The summed E-state index contributed by atoms with van der Waals surface area (Å²) in [5.74, 6) is 1.76. The number of carbonyl (C=O) groups is 3. The number of amides is 2. The summed E-state index contributed by atoms with van der Waals surface area (Å²) in [5.41, 5.74) is 2.70. The average molecular weight is 671 g/mol. The van der Waals surface area contributed by atoms with Gasteiger partial charge in [0.15, 0.2) is 6.61 Å². The molecule has 4 aliphatic carbocycles. The number of fused-ring (bicyclic) bond motifs is 6. The van der Waals surface area contributed by atoms with Gasteiger partial charge in [-0.1, -0.05) is 62.5 Å². The van der Waals surface area contributed by atoms with Crippen molar-refractivity contribution >= 4 is 34.4 Å². The molecule has 10 heteroatoms. The SMILES string of the molecule is C#C[C@@]1(O)CC[C@H]2[C@@H]3CCC4=C/C(=N/OCC(=O)N[C@@H](C(=O)N[C@H](Cc5c[nH]c6ccccc56)C(=O)O)C(C)C)CC[C@]4(C)[C@H]3CC[C@@]21C. The van der Waals surface area contributed by atoms with E-state index in [4.69, 9.17) is 11.3 Å². The van der Waals surface area contributed by atoms with Crippen molar-refractivity contribution in [1.82, 2.24) is 15.6 Å². The van der Waals surface area contributed by atoms with E-state index in [1.807, 2.05) is 24.3 Å². The van der Waals surface area contributed by atoms with Crippen LogP contribution in [0.1, 0.15) is 84.6 Å². The van der Waals surface area contributed by atoms with Crippen LogP contribution in [0.15, 0.2) is 47.3 Å². The summed E-state index contributed by atoms with van der Waals surface area (Å²) in [5, 5.41) is 31.7. The highest BCUT2D eigenvalue weighted by Crippen LogP contribution is 2.67. The Labute approximate surface area is 288 Å². The number of benzene rings is 1. The van der Waals surface area contributed by atoms with Crippen LogP contribution in [0.2, 0.25) is 0 Å². The Hall–Kier alpha value is -4.10. The van der Waals surface area contributed by atoms with Crippen LogP contribution in [0, 0.1) is 46.8 Å². The molecule has 49 heavy (non-hydrogen) atoms. The van der Waals surface area contributed by atoms with Crippen LogP contribution in [-0.4, -0.2) is 63.0 Å². The number of terminal acetylenes is 1. The van der Waals surface area contributed by atoms with E-state index in [0.29, 0.717) is 24.2 Å². The number of H-pyrrole nitrogens is 1. The van der Waals surface area contributed by atoms with E-state index in [-0.39, 0.29) is 29.8 Å². The van der Waals surface area contributed by atoms with E-state index in [0.717, 1.165) is 67.1 Å². The number of para-hydroxylation sites is 1. The minimum absolute atomic E-state index is 0.0668. The number of nitrogens with one attached hydrogen (secondary N) is 3. The summed E-state index contributed by atoms with van der Waals surface area (Å²) in [7, 11) is 0. The molecule has 3 saturated carbocycles. The van der Waals surface area contributed by atoms with E-state index in [9.17, 15) is 24.6 Å². The number of carboxylic acids is 1. The monoisotopic (exact) mass is 670 g/mol. The van der Waals surface area contributed by atoms with Gasteiger partial charge in [-0.25, -0.2) is 4.79 Å². The van der Waals surface area contributed by atoms with Crippen LogP contribution in [0.5, 0.6) is 0 Å². The minimum atomic E-state index is -1.17. The van der Waals surface area contributed by atoms with E-state index >= 15 is 0 Å². The lowest BCUT2D eigenvalue weighted by Crippen LogP contribution is -2.54. The third-order valence-electron chi connectivity index (χ3n) is 12.7. The fourth-order valence-electron chi connectivity index (χ4n) is 9.80. The Balaban J connectivity index is 1.04. The molecule has 4 aliphatic rings. The zero-order valence-corrected chi connectivity index (χ0v) is 29.1. The molecule has 262 valence electrons. The number of hydrogen-bond acceptors (Lipinski definition) is 6. The zero-order chi connectivity index (χ0) is 35.1. The first-order valence-electron chi connectivity index (χ1n) is 17.8. The highest BCUT2D eigenvalue weighted by Gasteiger charge is 2.63. The molecule has 3 fully saturated rings. The van der Waals surface area contributed by atoms with E-state index in [1.165, 1.54) is 5.57 Å². The number of aromatic nitrogens is 1. The standard InChI is InChI=1S/C39H50N4O6/c1-6-39(48)18-15-30-28-12-11-25-20-26(13-16-37(25,4)29(28)14-17-38(30,39)5)43-49-22-33(44)42-34(23(2)3)35(45)41-32(36(46)47)19-24-21-40-31-10-8-7-9-27(24)31/h1,7-10,20-21,23,28-30,32,34,40,48H,11-19,22H2,2-5H3,(H,41,45)(H,42,44)(H,46,47)/b43-26+/t28-,29+,30+,32-,34-,37+,38+,39-/m1/s1. The number of allylic oxidation sites excluding steroid dienone is 2. The predicted molar refractivity (Wildman–Crippen MR) is 187 cm³/mol. The first kappa shape index (κ1) is 34.8. The molecule has 2 aromatic rings. The summed E-state index contributed by atoms with van der Waals surface area (Å²) in [6.45, 7) is 7.81. The van der Waals surface area contributed by atoms with Gasteiger partial charge < -0.3 is 30.7 Å². The average Bonchev–Trinajstić information content (AvgIpc) is 3.60. The maximum Gasteiger partial charge on any atom is 0.326 e. The lowest BCUT2D eigenvalue weighted by Gasteiger charge is -2.58. The van der Waals surface area contributed by atoms with Gasteiger partial charge >= 0.3 is 5.97 Å². The second-order valence-corrected chi connectivity index (χ2v) is 15.6. The van der Waals surface area contributed by atoms with Crippen LogP contribution in [0.3, 0.4) is 0 Å². The molecule has 1 aromatic carbocycles. The highest BCUT2D eigenvalue weighted by molar-refractivity contribution is 5.96. The molecule has 0 spiro atoms. The summed E-state index contributed by atoms with van der Waals surface area (Å²) < 4.78 is 0. The molecule has 6 rings (SSSR count). The number of rotatable bonds is 10. The molecule has 5 N–H and O–H groups in total. The van der Waals surface area contributed by atoms with Gasteiger partial charge in [-0.3, -0.25) is 9.59 Å². The van der Waals surface area contributed by atoms with Crippen molar-refractivity contribution in [2.24, 2.45) is 39.7 Å². The molecule has 2 amide bonds. The number of nitrogens with zero attached hydrogens (tertiary/aromatic N) is 1. The van der Waals surface area contributed by atoms with Gasteiger partial charge in [-0.05, 0) is 98.2 Å². The number of carboxylic acid groups (broad SMARTS) is 1. The Morgan fingerprint density at radius 2 is 1.84 bits per heavy atom. The molecule has 10 nitrogen and oxygen atoms in total. The first-order valence-corrected chi connectivity index (χ1v) is 17.8. The van der Waals surface area contributed by atoms with Crippen LogP contribution in [-0.2, 0) is 25.6 Å². The minimum Gasteiger partial charge on any atom is -0.480 e. The fraction of sp³-hybridized carbons (Fsp3) is 0.590. The largest absolute Gasteiger partial charge is 0.480 e. The Morgan fingerprint density at radius 3 is 2.57 bits per heavy atom. The molecule has 0 saturated heterocycles. The number of aliphatic hydroxyl groups is 1. The van der Waals surface area contributed by atoms with Crippen molar-refractivity contribution in [3.63, 3.8) is 0 Å². The van der Waals surface area contributed by atoms with Gasteiger partial charge in [0.05, 0.1) is 5.71 Å². The molecular formula is C39H50N4O6. The lowest BCUT2D eigenvalue weighted by atomic mass is 9.46. The van der Waals surface area contributed by atoms with Crippen LogP contribution < -0.4 is 10.6 Å². The molecule has 0 aliphatic heterocycles. The fourth-order valence-corrected chi connectivity index (χ4v) is 9.80. The lowest BCUT2D eigenvalue weighted by molar-refractivity contribution is -0.142. The second kappa shape index (κ2) is 13.3. The maximum atomic E-state index is 13.2. The van der Waals surface area contributed by atoms with E-state index in [1.54, 1.807) is 20.0 Å². The van der Waals surface area contributed by atoms with Crippen molar-refractivity contribution < 1.29 is 29.4 Å². The summed E-state index contributed by atoms with van der Waals surface area (Å²) in [6, 6.07) is 5.45. The van der Waals surface area contributed by atoms with Crippen molar-refractivity contribution in [3.8, 4) is 12.3 Å². The topological polar surface area (TPSA) is 153 Å². The molecule has 0 radical (unpaired) electrons. The highest BCUT2D eigenvalue weighted by atomic mass is 16.6. The number of hydrogen-bond donors (Lipinski definition) is 5. The van der Waals surface area contributed by atoms with Crippen molar-refractivity contribution in [2.75, 3.05) is 6.61 Å².